The van der Waals surface area contributed by atoms with E-state index in [-0.39, 0.29) is 40.0 Å². The molecule has 0 aliphatic carbocycles. The van der Waals surface area contributed by atoms with Crippen molar-refractivity contribution in [3.63, 3.8) is 0 Å². The van der Waals surface area contributed by atoms with Crippen molar-refractivity contribution in [3.05, 3.63) is 48.8 Å². The van der Waals surface area contributed by atoms with Crippen molar-refractivity contribution in [2.24, 2.45) is 0 Å². The van der Waals surface area contributed by atoms with Gasteiger partial charge in [0.2, 0.25) is 0 Å². The number of halogens is 1. The molecule has 0 atom stereocenters. The fourth-order valence-corrected chi connectivity index (χ4v) is 0.955. The Hall–Kier alpha value is -0.324. The van der Waals surface area contributed by atoms with Crippen molar-refractivity contribution < 1.29 is 17.0 Å². The summed E-state index contributed by atoms with van der Waals surface area (Å²) in [6.07, 6.45) is 3.45. The van der Waals surface area contributed by atoms with Crippen LogP contribution in [0.3, 0.4) is 0 Å². The van der Waals surface area contributed by atoms with Crippen LogP contribution in [0, 0.1) is 6.07 Å². The van der Waals surface area contributed by atoms with Crippen LogP contribution in [0.15, 0.2) is 42.7 Å². The number of para-hydroxylation sites is 1. The molecule has 4 heteroatoms. The van der Waals surface area contributed by atoms with Gasteiger partial charge in [0, 0.05) is 0 Å². The molecular formula is C9H7BrMgN2. The molecule has 0 radical (unpaired) electrons. The summed E-state index contributed by atoms with van der Waals surface area (Å²) in [5.41, 5.74) is 1.06. The molecule has 0 saturated heterocycles. The molecule has 1 aromatic carbocycles. The Morgan fingerprint density at radius 3 is 2.38 bits per heavy atom. The van der Waals surface area contributed by atoms with Gasteiger partial charge in [0.25, 0.3) is 0 Å². The van der Waals surface area contributed by atoms with Gasteiger partial charge in [0.05, 0.1) is 5.69 Å². The van der Waals surface area contributed by atoms with Gasteiger partial charge in [-0.15, -0.1) is 12.4 Å². The van der Waals surface area contributed by atoms with Gasteiger partial charge in [-0.1, -0.05) is 18.2 Å². The molecular weight excluding hydrogens is 240 g/mol. The Kier molecular flexibility index (Phi) is 6.02. The topological polar surface area (TPSA) is 17.8 Å². The van der Waals surface area contributed by atoms with E-state index in [0.29, 0.717) is 0 Å². The third-order valence-electron chi connectivity index (χ3n) is 1.47. The summed E-state index contributed by atoms with van der Waals surface area (Å²) >= 11 is 0. The maximum absolute atomic E-state index is 4.05. The van der Waals surface area contributed by atoms with Crippen LogP contribution < -0.4 is 17.0 Å². The van der Waals surface area contributed by atoms with Crippen LogP contribution in [-0.4, -0.2) is 32.8 Å². The maximum Gasteiger partial charge on any atom is 2.00 e. The summed E-state index contributed by atoms with van der Waals surface area (Å²) < 4.78 is 1.78. The zero-order valence-electron chi connectivity index (χ0n) is 7.02. The zero-order valence-corrected chi connectivity index (χ0v) is 10.0. The fraction of sp³-hybridized carbons (Fsp3) is 0. The second-order valence-corrected chi connectivity index (χ2v) is 2.22. The maximum atomic E-state index is 4.05. The molecule has 1 heterocycles. The summed E-state index contributed by atoms with van der Waals surface area (Å²) in [6.45, 7) is 0. The van der Waals surface area contributed by atoms with Crippen molar-refractivity contribution >= 4 is 23.1 Å². The molecule has 2 aromatic rings. The smallest absolute Gasteiger partial charge is 1.00 e. The Morgan fingerprint density at radius 2 is 1.85 bits per heavy atom. The molecule has 0 aliphatic rings. The molecule has 62 valence electrons. The van der Waals surface area contributed by atoms with Crippen LogP contribution >= 0.6 is 0 Å². The molecule has 0 spiro atoms. The summed E-state index contributed by atoms with van der Waals surface area (Å²) in [7, 11) is 0. The molecule has 0 unspecified atom stereocenters. The van der Waals surface area contributed by atoms with Gasteiger partial charge in [-0.2, -0.15) is 0 Å². The normalized spacial score (nSPS) is 8.31. The molecule has 0 fully saturated rings. The number of hydrogen-bond donors (Lipinski definition) is 0. The summed E-state index contributed by atoms with van der Waals surface area (Å²) in [6, 6.07) is 12.8. The fourth-order valence-electron chi connectivity index (χ4n) is 0.955. The second-order valence-electron chi connectivity index (χ2n) is 2.22. The van der Waals surface area contributed by atoms with Gasteiger partial charge in [-0.05, 0) is 12.1 Å². The average molecular weight is 247 g/mol. The van der Waals surface area contributed by atoms with Gasteiger partial charge in [0.15, 0.2) is 0 Å². The average Bonchev–Trinajstić information content (AvgIpc) is 2.58. The van der Waals surface area contributed by atoms with E-state index in [9.17, 15) is 0 Å². The number of aromatic nitrogens is 2. The molecule has 1 aromatic heterocycles. The minimum Gasteiger partial charge on any atom is -1.00 e. The van der Waals surface area contributed by atoms with Crippen molar-refractivity contribution in [1.82, 2.24) is 9.78 Å². The molecule has 2 rings (SSSR count). The van der Waals surface area contributed by atoms with Gasteiger partial charge >= 0.3 is 23.1 Å². The van der Waals surface area contributed by atoms with Crippen LogP contribution in [0.5, 0.6) is 0 Å². The van der Waals surface area contributed by atoms with E-state index in [4.69, 9.17) is 0 Å². The molecule has 13 heavy (non-hydrogen) atoms. The largest absolute Gasteiger partial charge is 2.00 e. The number of hydrogen-bond acceptors (Lipinski definition) is 1. The van der Waals surface area contributed by atoms with E-state index < -0.39 is 0 Å². The first-order valence-electron chi connectivity index (χ1n) is 3.43. The molecule has 0 aliphatic heterocycles. The Bertz CT molecular complexity index is 321. The minimum atomic E-state index is 0. The minimum absolute atomic E-state index is 0. The van der Waals surface area contributed by atoms with Crippen molar-refractivity contribution in [3.8, 4) is 5.69 Å². The standard InChI is InChI=1S/C9H7N2.BrH.Mg/c1-2-5-9(6-3-1)11-8-4-7-10-11;;/h1-3,5-8H;1H;/q-1;;+2/p-1. The number of benzene rings is 1. The van der Waals surface area contributed by atoms with Crippen LogP contribution in [0.1, 0.15) is 0 Å². The van der Waals surface area contributed by atoms with Crippen LogP contribution in [0.25, 0.3) is 5.69 Å². The summed E-state index contributed by atoms with van der Waals surface area (Å²) in [4.78, 5) is 0. The van der Waals surface area contributed by atoms with Gasteiger partial charge in [0.1, 0.15) is 0 Å². The van der Waals surface area contributed by atoms with Gasteiger partial charge in [-0.3, -0.25) is 4.68 Å². The van der Waals surface area contributed by atoms with E-state index in [1.54, 1.807) is 17.1 Å². The Morgan fingerprint density at radius 1 is 1.15 bits per heavy atom. The van der Waals surface area contributed by atoms with Crippen LogP contribution in [0.2, 0.25) is 0 Å². The number of rotatable bonds is 1. The molecule has 0 N–H and O–H groups in total. The number of nitrogens with zero attached hydrogens (tertiary/aromatic N) is 2. The summed E-state index contributed by atoms with van der Waals surface area (Å²) in [5.74, 6) is 0. The van der Waals surface area contributed by atoms with Crippen molar-refractivity contribution in [1.29, 1.82) is 0 Å². The van der Waals surface area contributed by atoms with Gasteiger partial charge in [-0.25, -0.2) is 5.10 Å². The third kappa shape index (κ3) is 3.13. The van der Waals surface area contributed by atoms with Crippen molar-refractivity contribution in [2.75, 3.05) is 0 Å². The van der Waals surface area contributed by atoms with Crippen LogP contribution in [0.4, 0.5) is 0 Å². The van der Waals surface area contributed by atoms with Crippen LogP contribution in [-0.2, 0) is 0 Å². The third-order valence-corrected chi connectivity index (χ3v) is 1.47. The monoisotopic (exact) mass is 246 g/mol. The first kappa shape index (κ1) is 12.7. The van der Waals surface area contributed by atoms with E-state index in [1.807, 2.05) is 30.3 Å². The molecule has 2 nitrogen and oxygen atoms in total. The zero-order chi connectivity index (χ0) is 7.52. The van der Waals surface area contributed by atoms with E-state index in [0.717, 1.165) is 5.69 Å². The first-order valence-corrected chi connectivity index (χ1v) is 3.43. The SMILES string of the molecule is [Br-].[Mg+2].[c-]1cnn(-c2ccccc2)c1. The molecule has 0 bridgehead atoms. The Labute approximate surface area is 104 Å². The van der Waals surface area contributed by atoms with E-state index >= 15 is 0 Å². The predicted molar refractivity (Wildman–Crippen MR) is 48.2 cm³/mol. The first-order chi connectivity index (χ1) is 5.47. The predicted octanol–water partition coefficient (Wildman–Crippen LogP) is -1.70. The van der Waals surface area contributed by atoms with Crippen molar-refractivity contribution in [2.45, 2.75) is 0 Å². The molecule has 0 saturated carbocycles. The van der Waals surface area contributed by atoms with Gasteiger partial charge < -0.3 is 23.0 Å². The Balaban J connectivity index is 0.000000720. The van der Waals surface area contributed by atoms with E-state index in [2.05, 4.69) is 11.2 Å². The second kappa shape index (κ2) is 6.18. The summed E-state index contributed by atoms with van der Waals surface area (Å²) in [5, 5.41) is 4.05. The van der Waals surface area contributed by atoms with E-state index in [1.165, 1.54) is 0 Å². The quantitative estimate of drug-likeness (QED) is 0.434. The molecule has 0 amide bonds.